The standard InChI is InChI=1S/C14H16FNO3/c1-14(2)7-12(18)16(13(14)19)8-11(17)9-5-3-4-6-10(9)15/h3-6,11,17H,7-8H2,1-2H3. The Balaban J connectivity index is 2.16. The van der Waals surface area contributed by atoms with Crippen LogP contribution in [-0.4, -0.2) is 28.4 Å². The molecule has 1 aliphatic heterocycles. The van der Waals surface area contributed by atoms with E-state index in [-0.39, 0.29) is 30.3 Å². The van der Waals surface area contributed by atoms with Crippen LogP contribution in [0.1, 0.15) is 31.9 Å². The van der Waals surface area contributed by atoms with Crippen molar-refractivity contribution in [3.05, 3.63) is 35.6 Å². The van der Waals surface area contributed by atoms with Gasteiger partial charge in [0.1, 0.15) is 5.82 Å². The van der Waals surface area contributed by atoms with Crippen LogP contribution in [0.4, 0.5) is 4.39 Å². The number of rotatable bonds is 3. The van der Waals surface area contributed by atoms with Crippen LogP contribution in [-0.2, 0) is 9.59 Å². The number of imide groups is 1. The molecule has 19 heavy (non-hydrogen) atoms. The van der Waals surface area contributed by atoms with Gasteiger partial charge in [-0.15, -0.1) is 0 Å². The van der Waals surface area contributed by atoms with Crippen LogP contribution in [0.5, 0.6) is 0 Å². The molecule has 4 nitrogen and oxygen atoms in total. The smallest absolute Gasteiger partial charge is 0.235 e. The number of benzene rings is 1. The zero-order valence-corrected chi connectivity index (χ0v) is 10.9. The number of amides is 2. The van der Waals surface area contributed by atoms with Crippen molar-refractivity contribution in [2.45, 2.75) is 26.4 Å². The van der Waals surface area contributed by atoms with Gasteiger partial charge in [0.2, 0.25) is 11.8 Å². The molecule has 0 spiro atoms. The van der Waals surface area contributed by atoms with E-state index in [2.05, 4.69) is 0 Å². The fourth-order valence-corrected chi connectivity index (χ4v) is 2.23. The van der Waals surface area contributed by atoms with Gasteiger partial charge in [-0.3, -0.25) is 14.5 Å². The lowest BCUT2D eigenvalue weighted by Gasteiger charge is -2.21. The Morgan fingerprint density at radius 1 is 1.37 bits per heavy atom. The van der Waals surface area contributed by atoms with Crippen LogP contribution in [0.2, 0.25) is 0 Å². The van der Waals surface area contributed by atoms with E-state index in [1.807, 2.05) is 0 Å². The second-order valence-corrected chi connectivity index (χ2v) is 5.41. The summed E-state index contributed by atoms with van der Waals surface area (Å²) in [4.78, 5) is 24.8. The van der Waals surface area contributed by atoms with E-state index in [0.29, 0.717) is 0 Å². The summed E-state index contributed by atoms with van der Waals surface area (Å²) in [5.41, 5.74) is -0.653. The van der Waals surface area contributed by atoms with E-state index in [0.717, 1.165) is 4.90 Å². The SMILES string of the molecule is CC1(C)CC(=O)N(CC(O)c2ccccc2F)C1=O. The van der Waals surface area contributed by atoms with Gasteiger partial charge in [0.15, 0.2) is 0 Å². The Hall–Kier alpha value is -1.75. The Bertz CT molecular complexity index is 527. The van der Waals surface area contributed by atoms with Crippen molar-refractivity contribution < 1.29 is 19.1 Å². The monoisotopic (exact) mass is 265 g/mol. The van der Waals surface area contributed by atoms with Crippen LogP contribution < -0.4 is 0 Å². The quantitative estimate of drug-likeness (QED) is 0.845. The summed E-state index contributed by atoms with van der Waals surface area (Å²) in [6, 6.07) is 5.78. The third kappa shape index (κ3) is 2.51. The molecule has 0 radical (unpaired) electrons. The van der Waals surface area contributed by atoms with Gasteiger partial charge in [-0.25, -0.2) is 4.39 Å². The summed E-state index contributed by atoms with van der Waals surface area (Å²) in [6.07, 6.45) is -1.08. The topological polar surface area (TPSA) is 57.6 Å². The number of aliphatic hydroxyl groups is 1. The molecule has 1 atom stereocenters. The predicted octanol–water partition coefficient (Wildman–Crippen LogP) is 1.64. The number of β-amino-alcohol motifs (C(OH)–C–C–N with tert-alkyl or cyclic N) is 1. The molecule has 0 bridgehead atoms. The van der Waals surface area contributed by atoms with Crippen molar-refractivity contribution in [1.82, 2.24) is 4.90 Å². The highest BCUT2D eigenvalue weighted by molar-refractivity contribution is 6.05. The molecule has 0 aliphatic carbocycles. The first kappa shape index (κ1) is 13.7. The van der Waals surface area contributed by atoms with Crippen LogP contribution in [0.15, 0.2) is 24.3 Å². The number of hydrogen-bond acceptors (Lipinski definition) is 3. The lowest BCUT2D eigenvalue weighted by atomic mass is 9.92. The summed E-state index contributed by atoms with van der Waals surface area (Å²) >= 11 is 0. The van der Waals surface area contributed by atoms with Gasteiger partial charge in [0.25, 0.3) is 0 Å². The fraction of sp³-hybridized carbons (Fsp3) is 0.429. The van der Waals surface area contributed by atoms with Crippen molar-refractivity contribution in [3.8, 4) is 0 Å². The summed E-state index contributed by atoms with van der Waals surface area (Å²) < 4.78 is 13.5. The number of likely N-dealkylation sites (tertiary alicyclic amines) is 1. The summed E-state index contributed by atoms with van der Waals surface area (Å²) in [5.74, 6) is -1.20. The number of nitrogens with zero attached hydrogens (tertiary/aromatic N) is 1. The number of halogens is 1. The van der Waals surface area contributed by atoms with Crippen molar-refractivity contribution in [2.75, 3.05) is 6.54 Å². The molecule has 1 aliphatic rings. The van der Waals surface area contributed by atoms with Gasteiger partial charge in [-0.2, -0.15) is 0 Å². The van der Waals surface area contributed by atoms with Gasteiger partial charge in [0, 0.05) is 12.0 Å². The van der Waals surface area contributed by atoms with E-state index >= 15 is 0 Å². The highest BCUT2D eigenvalue weighted by Crippen LogP contribution is 2.33. The Labute approximate surface area is 110 Å². The van der Waals surface area contributed by atoms with Crippen molar-refractivity contribution in [3.63, 3.8) is 0 Å². The van der Waals surface area contributed by atoms with E-state index < -0.39 is 17.3 Å². The Kier molecular flexibility index (Phi) is 3.41. The second kappa shape index (κ2) is 4.74. The second-order valence-electron chi connectivity index (χ2n) is 5.41. The first-order valence-electron chi connectivity index (χ1n) is 6.10. The molecule has 2 amide bonds. The third-order valence-electron chi connectivity index (χ3n) is 3.34. The Morgan fingerprint density at radius 2 is 2.00 bits per heavy atom. The van der Waals surface area contributed by atoms with Gasteiger partial charge in [0.05, 0.1) is 18.1 Å². The average Bonchev–Trinajstić information content (AvgIpc) is 2.52. The first-order chi connectivity index (χ1) is 8.83. The molecular formula is C14H16FNO3. The molecule has 1 N–H and O–H groups in total. The molecule has 1 aromatic rings. The fourth-order valence-electron chi connectivity index (χ4n) is 2.23. The molecular weight excluding hydrogens is 249 g/mol. The number of carbonyl (C=O) groups is 2. The van der Waals surface area contributed by atoms with Crippen LogP contribution >= 0.6 is 0 Å². The summed E-state index contributed by atoms with van der Waals surface area (Å²) in [5, 5.41) is 9.98. The highest BCUT2D eigenvalue weighted by Gasteiger charge is 2.45. The number of carbonyl (C=O) groups excluding carboxylic acids is 2. The maximum absolute atomic E-state index is 13.5. The van der Waals surface area contributed by atoms with E-state index in [1.165, 1.54) is 18.2 Å². The van der Waals surface area contributed by atoms with Crippen molar-refractivity contribution >= 4 is 11.8 Å². The van der Waals surface area contributed by atoms with Gasteiger partial charge >= 0.3 is 0 Å². The minimum atomic E-state index is -1.21. The minimum Gasteiger partial charge on any atom is -0.386 e. The van der Waals surface area contributed by atoms with Gasteiger partial charge < -0.3 is 5.11 Å². The lowest BCUT2D eigenvalue weighted by Crippen LogP contribution is -2.36. The van der Waals surface area contributed by atoms with Crippen LogP contribution in [0.25, 0.3) is 0 Å². The summed E-state index contributed by atoms with van der Waals surface area (Å²) in [7, 11) is 0. The van der Waals surface area contributed by atoms with E-state index in [1.54, 1.807) is 19.9 Å². The van der Waals surface area contributed by atoms with Crippen LogP contribution in [0, 0.1) is 11.2 Å². The molecule has 1 heterocycles. The molecule has 1 aromatic carbocycles. The van der Waals surface area contributed by atoms with Crippen molar-refractivity contribution in [2.24, 2.45) is 5.41 Å². The largest absolute Gasteiger partial charge is 0.386 e. The van der Waals surface area contributed by atoms with E-state index in [9.17, 15) is 19.1 Å². The zero-order chi connectivity index (χ0) is 14.2. The van der Waals surface area contributed by atoms with Crippen molar-refractivity contribution in [1.29, 1.82) is 0 Å². The molecule has 1 fully saturated rings. The maximum atomic E-state index is 13.5. The zero-order valence-electron chi connectivity index (χ0n) is 10.9. The highest BCUT2D eigenvalue weighted by atomic mass is 19.1. The molecule has 102 valence electrons. The van der Waals surface area contributed by atoms with Crippen LogP contribution in [0.3, 0.4) is 0 Å². The van der Waals surface area contributed by atoms with Gasteiger partial charge in [-0.1, -0.05) is 32.0 Å². The normalized spacial score (nSPS) is 19.9. The third-order valence-corrected chi connectivity index (χ3v) is 3.34. The lowest BCUT2D eigenvalue weighted by molar-refractivity contribution is -0.142. The average molecular weight is 265 g/mol. The summed E-state index contributed by atoms with van der Waals surface area (Å²) in [6.45, 7) is 3.16. The molecule has 1 saturated heterocycles. The molecule has 1 unspecified atom stereocenters. The molecule has 5 heteroatoms. The van der Waals surface area contributed by atoms with E-state index in [4.69, 9.17) is 0 Å². The molecule has 0 aromatic heterocycles. The maximum Gasteiger partial charge on any atom is 0.235 e. The predicted molar refractivity (Wildman–Crippen MR) is 66.5 cm³/mol. The van der Waals surface area contributed by atoms with Gasteiger partial charge in [-0.05, 0) is 6.07 Å². The number of aliphatic hydroxyl groups excluding tert-OH is 1. The Morgan fingerprint density at radius 3 is 2.53 bits per heavy atom. The molecule has 0 saturated carbocycles. The first-order valence-corrected chi connectivity index (χ1v) is 6.10. The molecule has 2 rings (SSSR count). The number of hydrogen-bond donors (Lipinski definition) is 1. The minimum absolute atomic E-state index is 0.0906.